The molecule has 1 nitrogen and oxygen atoms in total. The highest BCUT2D eigenvalue weighted by molar-refractivity contribution is 6.35. The highest BCUT2D eigenvalue weighted by Gasteiger charge is 2.34. The molecule has 2 rings (SSSR count). The topological polar surface area (TPSA) is 12.0 Å². The summed E-state index contributed by atoms with van der Waals surface area (Å²) in [4.78, 5) is 0. The van der Waals surface area contributed by atoms with Crippen LogP contribution in [0.1, 0.15) is 44.7 Å². The minimum atomic E-state index is 0.349. The zero-order chi connectivity index (χ0) is 13.1. The lowest BCUT2D eigenvalue weighted by Gasteiger charge is -2.26. The number of rotatable bonds is 6. The van der Waals surface area contributed by atoms with Gasteiger partial charge >= 0.3 is 0 Å². The van der Waals surface area contributed by atoms with Gasteiger partial charge in [0.2, 0.25) is 0 Å². The van der Waals surface area contributed by atoms with Crippen molar-refractivity contribution < 1.29 is 0 Å². The monoisotopic (exact) mass is 285 g/mol. The first kappa shape index (κ1) is 14.2. The molecule has 0 aliphatic heterocycles. The van der Waals surface area contributed by atoms with Crippen molar-refractivity contribution in [2.45, 2.75) is 39.2 Å². The van der Waals surface area contributed by atoms with Crippen LogP contribution in [-0.2, 0) is 0 Å². The SMILES string of the molecule is CCCNC(c1ccc(Cl)cc1Cl)C(C)C1CC1. The van der Waals surface area contributed by atoms with Gasteiger partial charge in [0.15, 0.2) is 0 Å². The minimum Gasteiger partial charge on any atom is -0.310 e. The van der Waals surface area contributed by atoms with E-state index in [2.05, 4.69) is 25.2 Å². The molecule has 0 spiro atoms. The summed E-state index contributed by atoms with van der Waals surface area (Å²) in [6, 6.07) is 6.20. The Morgan fingerprint density at radius 2 is 2.06 bits per heavy atom. The number of halogens is 2. The zero-order valence-corrected chi connectivity index (χ0v) is 12.6. The van der Waals surface area contributed by atoms with Gasteiger partial charge in [-0.1, -0.05) is 43.1 Å². The van der Waals surface area contributed by atoms with Gasteiger partial charge in [0.1, 0.15) is 0 Å². The third-order valence-electron chi connectivity index (χ3n) is 3.80. The largest absolute Gasteiger partial charge is 0.310 e. The van der Waals surface area contributed by atoms with Crippen molar-refractivity contribution in [3.8, 4) is 0 Å². The second-order valence-electron chi connectivity index (χ2n) is 5.29. The number of hydrogen-bond acceptors (Lipinski definition) is 1. The fourth-order valence-corrected chi connectivity index (χ4v) is 3.05. The van der Waals surface area contributed by atoms with Crippen LogP contribution in [0.2, 0.25) is 10.0 Å². The fraction of sp³-hybridized carbons (Fsp3) is 0.600. The zero-order valence-electron chi connectivity index (χ0n) is 11.0. The summed E-state index contributed by atoms with van der Waals surface area (Å²) >= 11 is 12.3. The van der Waals surface area contributed by atoms with E-state index >= 15 is 0 Å². The Labute approximate surface area is 120 Å². The van der Waals surface area contributed by atoms with Gasteiger partial charge in [0.05, 0.1) is 0 Å². The summed E-state index contributed by atoms with van der Waals surface area (Å²) < 4.78 is 0. The number of benzene rings is 1. The third-order valence-corrected chi connectivity index (χ3v) is 4.37. The van der Waals surface area contributed by atoms with Crippen LogP contribution in [0.5, 0.6) is 0 Å². The van der Waals surface area contributed by atoms with Crippen molar-refractivity contribution in [2.24, 2.45) is 11.8 Å². The summed E-state index contributed by atoms with van der Waals surface area (Å²) in [5.74, 6) is 1.49. The summed E-state index contributed by atoms with van der Waals surface area (Å²) in [7, 11) is 0. The molecule has 1 saturated carbocycles. The van der Waals surface area contributed by atoms with Crippen LogP contribution in [0, 0.1) is 11.8 Å². The van der Waals surface area contributed by atoms with Crippen molar-refractivity contribution in [3.05, 3.63) is 33.8 Å². The molecule has 2 unspecified atom stereocenters. The Kier molecular flexibility index (Phi) is 4.94. The van der Waals surface area contributed by atoms with Crippen LogP contribution < -0.4 is 5.32 Å². The van der Waals surface area contributed by atoms with Crippen molar-refractivity contribution in [1.82, 2.24) is 5.32 Å². The second-order valence-corrected chi connectivity index (χ2v) is 6.14. The average Bonchev–Trinajstić information content (AvgIpc) is 3.15. The molecule has 0 radical (unpaired) electrons. The van der Waals surface area contributed by atoms with E-state index in [1.54, 1.807) is 0 Å². The van der Waals surface area contributed by atoms with E-state index in [4.69, 9.17) is 23.2 Å². The molecule has 1 aromatic rings. The maximum absolute atomic E-state index is 6.35. The maximum Gasteiger partial charge on any atom is 0.0468 e. The molecular weight excluding hydrogens is 265 g/mol. The summed E-state index contributed by atoms with van der Waals surface area (Å²) in [5, 5.41) is 5.13. The Balaban J connectivity index is 2.20. The van der Waals surface area contributed by atoms with E-state index in [1.807, 2.05) is 12.1 Å². The molecule has 0 aromatic heterocycles. The number of nitrogens with one attached hydrogen (secondary N) is 1. The van der Waals surface area contributed by atoms with Gasteiger partial charge in [-0.05, 0) is 55.3 Å². The smallest absolute Gasteiger partial charge is 0.0468 e. The first-order valence-corrected chi connectivity index (χ1v) is 7.57. The van der Waals surface area contributed by atoms with Crippen molar-refractivity contribution >= 4 is 23.2 Å². The fourth-order valence-electron chi connectivity index (χ4n) is 2.53. The Hall–Kier alpha value is -0.240. The third kappa shape index (κ3) is 3.40. The summed E-state index contributed by atoms with van der Waals surface area (Å²) in [6.45, 7) is 5.55. The van der Waals surface area contributed by atoms with E-state index in [9.17, 15) is 0 Å². The van der Waals surface area contributed by atoms with E-state index in [0.717, 1.165) is 23.9 Å². The molecule has 0 bridgehead atoms. The first-order chi connectivity index (χ1) is 8.63. The molecular formula is C15H21Cl2N. The maximum atomic E-state index is 6.35. The normalized spacial score (nSPS) is 18.7. The van der Waals surface area contributed by atoms with Crippen molar-refractivity contribution in [1.29, 1.82) is 0 Å². The van der Waals surface area contributed by atoms with Gasteiger partial charge in [-0.15, -0.1) is 0 Å². The lowest BCUT2D eigenvalue weighted by Crippen LogP contribution is -2.29. The Morgan fingerprint density at radius 1 is 1.33 bits per heavy atom. The van der Waals surface area contributed by atoms with Gasteiger partial charge in [0, 0.05) is 16.1 Å². The molecule has 3 heteroatoms. The molecule has 0 saturated heterocycles. The molecule has 0 amide bonds. The summed E-state index contributed by atoms with van der Waals surface area (Å²) in [5.41, 5.74) is 1.19. The van der Waals surface area contributed by atoms with E-state index in [-0.39, 0.29) is 0 Å². The average molecular weight is 286 g/mol. The second kappa shape index (κ2) is 6.27. The van der Waals surface area contributed by atoms with Crippen LogP contribution in [0.3, 0.4) is 0 Å². The Morgan fingerprint density at radius 3 is 2.61 bits per heavy atom. The molecule has 100 valence electrons. The van der Waals surface area contributed by atoms with Gasteiger partial charge in [-0.2, -0.15) is 0 Å². The number of hydrogen-bond donors (Lipinski definition) is 1. The highest BCUT2D eigenvalue weighted by Crippen LogP contribution is 2.44. The van der Waals surface area contributed by atoms with E-state index in [0.29, 0.717) is 17.0 Å². The molecule has 1 fully saturated rings. The molecule has 18 heavy (non-hydrogen) atoms. The molecule has 1 aliphatic rings. The molecule has 2 atom stereocenters. The van der Waals surface area contributed by atoms with Gasteiger partial charge in [-0.3, -0.25) is 0 Å². The van der Waals surface area contributed by atoms with Crippen LogP contribution in [0.15, 0.2) is 18.2 Å². The highest BCUT2D eigenvalue weighted by atomic mass is 35.5. The minimum absolute atomic E-state index is 0.349. The first-order valence-electron chi connectivity index (χ1n) is 6.81. The van der Waals surface area contributed by atoms with Crippen LogP contribution in [0.25, 0.3) is 0 Å². The predicted molar refractivity (Wildman–Crippen MR) is 79.4 cm³/mol. The van der Waals surface area contributed by atoms with Crippen molar-refractivity contribution in [2.75, 3.05) is 6.54 Å². The van der Waals surface area contributed by atoms with Gasteiger partial charge < -0.3 is 5.32 Å². The molecule has 1 aromatic carbocycles. The van der Waals surface area contributed by atoms with Gasteiger partial charge in [-0.25, -0.2) is 0 Å². The van der Waals surface area contributed by atoms with Gasteiger partial charge in [0.25, 0.3) is 0 Å². The predicted octanol–water partition coefficient (Wildman–Crippen LogP) is 5.08. The van der Waals surface area contributed by atoms with E-state index < -0.39 is 0 Å². The molecule has 1 aliphatic carbocycles. The summed E-state index contributed by atoms with van der Waals surface area (Å²) in [6.07, 6.45) is 3.85. The Bertz CT molecular complexity index is 401. The van der Waals surface area contributed by atoms with Crippen molar-refractivity contribution in [3.63, 3.8) is 0 Å². The standard InChI is InChI=1S/C15H21Cl2N/c1-3-8-18-15(10(2)11-4-5-11)13-7-6-12(16)9-14(13)17/h6-7,9-11,15,18H,3-5,8H2,1-2H3. The quantitative estimate of drug-likeness (QED) is 0.769. The lowest BCUT2D eigenvalue weighted by molar-refractivity contribution is 0.350. The molecule has 1 N–H and O–H groups in total. The molecule has 0 heterocycles. The van der Waals surface area contributed by atoms with Crippen LogP contribution >= 0.6 is 23.2 Å². The van der Waals surface area contributed by atoms with E-state index in [1.165, 1.54) is 18.4 Å². The van der Waals surface area contributed by atoms with Crippen LogP contribution in [-0.4, -0.2) is 6.54 Å². The lowest BCUT2D eigenvalue weighted by atomic mass is 9.90. The van der Waals surface area contributed by atoms with Crippen LogP contribution in [0.4, 0.5) is 0 Å².